The highest BCUT2D eigenvalue weighted by Gasteiger charge is 2.21. The average Bonchev–Trinajstić information content (AvgIpc) is 2.18. The Bertz CT molecular complexity index is 291. The van der Waals surface area contributed by atoms with E-state index >= 15 is 0 Å². The topological polar surface area (TPSA) is 63.6 Å². The summed E-state index contributed by atoms with van der Waals surface area (Å²) in [6.45, 7) is 1.88. The standard InChI is InChI=1S/C11H16O4/c1-2-5-10(12)15-9-7-4-3-6-8(9)11(13)14/h2-7H2,1H3,(H,13,14). The molecule has 0 fully saturated rings. The van der Waals surface area contributed by atoms with Gasteiger partial charge >= 0.3 is 11.9 Å². The Hall–Kier alpha value is -1.32. The molecule has 1 N–H and O–H groups in total. The predicted octanol–water partition coefficient (Wildman–Crippen LogP) is 2.24. The largest absolute Gasteiger partial charge is 0.478 e. The summed E-state index contributed by atoms with van der Waals surface area (Å²) in [6.07, 6.45) is 3.88. The maximum absolute atomic E-state index is 11.2. The molecule has 0 aromatic heterocycles. The highest BCUT2D eigenvalue weighted by molar-refractivity contribution is 5.88. The number of hydrogen-bond donors (Lipinski definition) is 1. The Labute approximate surface area is 88.9 Å². The molecule has 1 aliphatic carbocycles. The minimum Gasteiger partial charge on any atom is -0.478 e. The molecule has 0 bridgehead atoms. The van der Waals surface area contributed by atoms with Crippen LogP contribution in [-0.2, 0) is 14.3 Å². The molecule has 0 radical (unpaired) electrons. The van der Waals surface area contributed by atoms with Gasteiger partial charge in [0.1, 0.15) is 5.76 Å². The van der Waals surface area contributed by atoms with Crippen molar-refractivity contribution in [2.45, 2.75) is 45.4 Å². The van der Waals surface area contributed by atoms with Crippen LogP contribution in [-0.4, -0.2) is 17.0 Å². The van der Waals surface area contributed by atoms with Gasteiger partial charge in [-0.15, -0.1) is 0 Å². The maximum atomic E-state index is 11.2. The van der Waals surface area contributed by atoms with Gasteiger partial charge < -0.3 is 9.84 Å². The van der Waals surface area contributed by atoms with Crippen molar-refractivity contribution < 1.29 is 19.4 Å². The number of allylic oxidation sites excluding steroid dienone is 1. The summed E-state index contributed by atoms with van der Waals surface area (Å²) in [6, 6.07) is 0. The maximum Gasteiger partial charge on any atom is 0.334 e. The molecule has 0 aliphatic heterocycles. The van der Waals surface area contributed by atoms with E-state index in [0.29, 0.717) is 31.4 Å². The number of hydrogen-bond acceptors (Lipinski definition) is 3. The van der Waals surface area contributed by atoms with Crippen LogP contribution >= 0.6 is 0 Å². The van der Waals surface area contributed by atoms with E-state index in [-0.39, 0.29) is 11.5 Å². The van der Waals surface area contributed by atoms with Crippen molar-refractivity contribution in [3.05, 3.63) is 11.3 Å². The summed E-state index contributed by atoms with van der Waals surface area (Å²) in [5, 5.41) is 8.90. The minimum atomic E-state index is -0.964. The van der Waals surface area contributed by atoms with Crippen LogP contribution in [0.15, 0.2) is 11.3 Å². The Morgan fingerprint density at radius 1 is 1.33 bits per heavy atom. The van der Waals surface area contributed by atoms with Crippen molar-refractivity contribution in [3.63, 3.8) is 0 Å². The van der Waals surface area contributed by atoms with E-state index in [4.69, 9.17) is 9.84 Å². The predicted molar refractivity (Wildman–Crippen MR) is 54.1 cm³/mol. The van der Waals surface area contributed by atoms with Crippen LogP contribution in [0.2, 0.25) is 0 Å². The van der Waals surface area contributed by atoms with Gasteiger partial charge in [-0.25, -0.2) is 4.79 Å². The monoisotopic (exact) mass is 212 g/mol. The third-order valence-corrected chi connectivity index (χ3v) is 2.37. The molecular weight excluding hydrogens is 196 g/mol. The lowest BCUT2D eigenvalue weighted by atomic mass is 9.98. The summed E-state index contributed by atoms with van der Waals surface area (Å²) in [4.78, 5) is 22.1. The smallest absolute Gasteiger partial charge is 0.334 e. The van der Waals surface area contributed by atoms with Gasteiger partial charge in [0, 0.05) is 12.8 Å². The molecular formula is C11H16O4. The second-order valence-electron chi connectivity index (χ2n) is 3.64. The number of aliphatic carboxylic acids is 1. The van der Waals surface area contributed by atoms with Crippen molar-refractivity contribution in [1.82, 2.24) is 0 Å². The third-order valence-electron chi connectivity index (χ3n) is 2.37. The molecule has 0 aromatic carbocycles. The van der Waals surface area contributed by atoms with Gasteiger partial charge in [-0.1, -0.05) is 6.92 Å². The van der Waals surface area contributed by atoms with Crippen LogP contribution in [0.1, 0.15) is 45.4 Å². The zero-order chi connectivity index (χ0) is 11.3. The Kier molecular flexibility index (Phi) is 4.34. The molecule has 1 rings (SSSR count). The molecule has 0 saturated carbocycles. The highest BCUT2D eigenvalue weighted by Crippen LogP contribution is 2.26. The van der Waals surface area contributed by atoms with Crippen molar-refractivity contribution in [3.8, 4) is 0 Å². The van der Waals surface area contributed by atoms with Crippen molar-refractivity contribution in [1.29, 1.82) is 0 Å². The number of rotatable bonds is 4. The molecule has 0 heterocycles. The number of carbonyl (C=O) groups excluding carboxylic acids is 1. The molecule has 0 atom stereocenters. The van der Waals surface area contributed by atoms with Crippen LogP contribution in [0.25, 0.3) is 0 Å². The van der Waals surface area contributed by atoms with E-state index in [9.17, 15) is 9.59 Å². The van der Waals surface area contributed by atoms with Crippen LogP contribution in [0.4, 0.5) is 0 Å². The third kappa shape index (κ3) is 3.38. The highest BCUT2D eigenvalue weighted by atomic mass is 16.5. The van der Waals surface area contributed by atoms with E-state index in [1.165, 1.54) is 0 Å². The van der Waals surface area contributed by atoms with Crippen molar-refractivity contribution >= 4 is 11.9 Å². The first-order valence-corrected chi connectivity index (χ1v) is 5.31. The van der Waals surface area contributed by atoms with Gasteiger partial charge in [0.2, 0.25) is 0 Å². The number of esters is 1. The number of carbonyl (C=O) groups is 2. The second-order valence-corrected chi connectivity index (χ2v) is 3.64. The Morgan fingerprint density at radius 3 is 2.60 bits per heavy atom. The second kappa shape index (κ2) is 5.53. The average molecular weight is 212 g/mol. The minimum absolute atomic E-state index is 0.269. The molecule has 4 heteroatoms. The Balaban J connectivity index is 2.70. The quantitative estimate of drug-likeness (QED) is 0.726. The SMILES string of the molecule is CCCC(=O)OC1=C(C(=O)O)CCCC1. The molecule has 0 unspecified atom stereocenters. The Morgan fingerprint density at radius 2 is 2.00 bits per heavy atom. The fourth-order valence-corrected chi connectivity index (χ4v) is 1.61. The van der Waals surface area contributed by atoms with E-state index < -0.39 is 5.97 Å². The summed E-state index contributed by atoms with van der Waals surface area (Å²) in [7, 11) is 0. The fourth-order valence-electron chi connectivity index (χ4n) is 1.61. The number of ether oxygens (including phenoxy) is 1. The zero-order valence-corrected chi connectivity index (χ0v) is 8.91. The first-order chi connectivity index (χ1) is 7.15. The lowest BCUT2D eigenvalue weighted by Gasteiger charge is -2.16. The molecule has 0 spiro atoms. The van der Waals surface area contributed by atoms with Gasteiger partial charge in [0.15, 0.2) is 0 Å². The number of carboxylic acid groups (broad SMARTS) is 1. The van der Waals surface area contributed by atoms with E-state index in [1.54, 1.807) is 0 Å². The lowest BCUT2D eigenvalue weighted by molar-refractivity contribution is -0.140. The van der Waals surface area contributed by atoms with Gasteiger partial charge in [-0.05, 0) is 25.7 Å². The molecule has 1 aliphatic rings. The van der Waals surface area contributed by atoms with Gasteiger partial charge in [-0.2, -0.15) is 0 Å². The van der Waals surface area contributed by atoms with Crippen molar-refractivity contribution in [2.75, 3.05) is 0 Å². The molecule has 0 saturated heterocycles. The lowest BCUT2D eigenvalue weighted by Crippen LogP contribution is -2.14. The molecule has 84 valence electrons. The molecule has 0 amide bonds. The summed E-state index contributed by atoms with van der Waals surface area (Å²) >= 11 is 0. The summed E-state index contributed by atoms with van der Waals surface area (Å²) in [5.41, 5.74) is 0.269. The van der Waals surface area contributed by atoms with Gasteiger partial charge in [0.05, 0.1) is 5.57 Å². The molecule has 0 aromatic rings. The molecule has 4 nitrogen and oxygen atoms in total. The fraction of sp³-hybridized carbons (Fsp3) is 0.636. The van der Waals surface area contributed by atoms with E-state index in [0.717, 1.165) is 12.8 Å². The molecule has 15 heavy (non-hydrogen) atoms. The summed E-state index contributed by atoms with van der Waals surface area (Å²) in [5.74, 6) is -0.922. The van der Waals surface area contributed by atoms with E-state index in [1.807, 2.05) is 6.92 Å². The van der Waals surface area contributed by atoms with Crippen molar-refractivity contribution in [2.24, 2.45) is 0 Å². The van der Waals surface area contributed by atoms with Crippen LogP contribution in [0, 0.1) is 0 Å². The van der Waals surface area contributed by atoms with Crippen LogP contribution in [0.3, 0.4) is 0 Å². The first-order valence-electron chi connectivity index (χ1n) is 5.31. The first kappa shape index (κ1) is 11.8. The van der Waals surface area contributed by atoms with E-state index in [2.05, 4.69) is 0 Å². The normalized spacial score (nSPS) is 16.3. The van der Waals surface area contributed by atoms with Gasteiger partial charge in [-0.3, -0.25) is 4.79 Å². The van der Waals surface area contributed by atoms with Gasteiger partial charge in [0.25, 0.3) is 0 Å². The zero-order valence-electron chi connectivity index (χ0n) is 8.91. The number of carboxylic acids is 1. The van der Waals surface area contributed by atoms with Crippen LogP contribution < -0.4 is 0 Å². The van der Waals surface area contributed by atoms with Crippen LogP contribution in [0.5, 0.6) is 0 Å². The summed E-state index contributed by atoms with van der Waals surface area (Å²) < 4.78 is 5.07.